The number of rotatable bonds is 3. The molecule has 98 valence electrons. The maximum atomic E-state index is 2.41. The first-order valence-electron chi connectivity index (χ1n) is 6.83. The highest BCUT2D eigenvalue weighted by Gasteiger charge is 2.35. The average Bonchev–Trinajstić information content (AvgIpc) is 2.45. The van der Waals surface area contributed by atoms with Gasteiger partial charge in [0.05, 0.1) is 0 Å². The van der Waals surface area contributed by atoms with Crippen molar-refractivity contribution < 1.29 is 0 Å². The third kappa shape index (κ3) is 2.52. The van der Waals surface area contributed by atoms with Crippen molar-refractivity contribution in [2.45, 2.75) is 30.8 Å². The zero-order valence-electron chi connectivity index (χ0n) is 11.6. The van der Waals surface area contributed by atoms with E-state index in [9.17, 15) is 0 Å². The maximum Gasteiger partial charge on any atom is 0.0143 e. The van der Waals surface area contributed by atoms with Crippen LogP contribution < -0.4 is 0 Å². The molecule has 3 rings (SSSR count). The molecule has 2 aromatic rings. The van der Waals surface area contributed by atoms with Gasteiger partial charge in [-0.2, -0.15) is 10.5 Å². The summed E-state index contributed by atoms with van der Waals surface area (Å²) < 4.78 is 0.459. The van der Waals surface area contributed by atoms with Gasteiger partial charge in [0.1, 0.15) is 0 Å². The Kier molecular flexibility index (Phi) is 3.32. The molecule has 0 bridgehead atoms. The molecular formula is C18H20S. The highest BCUT2D eigenvalue weighted by Crippen LogP contribution is 2.50. The van der Waals surface area contributed by atoms with E-state index < -0.39 is 0 Å². The molecule has 0 fully saturated rings. The van der Waals surface area contributed by atoms with Gasteiger partial charge in [-0.15, -0.1) is 0 Å². The lowest BCUT2D eigenvalue weighted by Gasteiger charge is -2.43. The molecule has 19 heavy (non-hydrogen) atoms. The molecule has 1 aliphatic heterocycles. The minimum atomic E-state index is 0.370. The minimum Gasteiger partial charge on any atom is -0.171 e. The van der Waals surface area contributed by atoms with Crippen LogP contribution in [0, 0.1) is 0 Å². The summed E-state index contributed by atoms with van der Waals surface area (Å²) in [5.74, 6) is 1.19. The van der Waals surface area contributed by atoms with Gasteiger partial charge in [0, 0.05) is 10.5 Å². The van der Waals surface area contributed by atoms with Crippen molar-refractivity contribution in [3.8, 4) is 0 Å². The molecule has 1 heterocycles. The lowest BCUT2D eigenvalue weighted by molar-refractivity contribution is 0.731. The Labute approximate surface area is 118 Å². The fraction of sp³-hybridized carbons (Fsp3) is 0.278. The molecule has 0 saturated carbocycles. The third-order valence-corrected chi connectivity index (χ3v) is 6.88. The second kappa shape index (κ2) is 4.97. The molecule has 2 aromatic carbocycles. The second-order valence-corrected chi connectivity index (χ2v) is 8.41. The van der Waals surface area contributed by atoms with E-state index >= 15 is 0 Å². The summed E-state index contributed by atoms with van der Waals surface area (Å²) in [7, 11) is 0.370. The molecule has 0 aliphatic carbocycles. The molecule has 1 unspecified atom stereocenters. The molecule has 0 aromatic heterocycles. The zero-order chi connectivity index (χ0) is 13.3. The third-order valence-electron chi connectivity index (χ3n) is 3.80. The van der Waals surface area contributed by atoms with E-state index in [1.165, 1.54) is 23.3 Å². The highest BCUT2D eigenvalue weighted by molar-refractivity contribution is 8.18. The monoisotopic (exact) mass is 268 g/mol. The van der Waals surface area contributed by atoms with Crippen LogP contribution in [-0.2, 0) is 5.75 Å². The van der Waals surface area contributed by atoms with Gasteiger partial charge >= 0.3 is 0 Å². The summed E-state index contributed by atoms with van der Waals surface area (Å²) in [5, 5.41) is 0. The van der Waals surface area contributed by atoms with E-state index in [0.717, 1.165) is 0 Å². The first kappa shape index (κ1) is 12.7. The molecule has 0 amide bonds. The predicted octanol–water partition coefficient (Wildman–Crippen LogP) is 4.86. The number of benzene rings is 2. The topological polar surface area (TPSA) is 0 Å². The van der Waals surface area contributed by atoms with E-state index in [0.29, 0.717) is 15.2 Å². The van der Waals surface area contributed by atoms with E-state index in [-0.39, 0.29) is 0 Å². The zero-order valence-corrected chi connectivity index (χ0v) is 12.4. The van der Waals surface area contributed by atoms with E-state index in [1.54, 1.807) is 4.86 Å². The average molecular weight is 268 g/mol. The Morgan fingerprint density at radius 3 is 2.05 bits per heavy atom. The van der Waals surface area contributed by atoms with E-state index in [1.807, 2.05) is 0 Å². The molecule has 0 saturated heterocycles. The van der Waals surface area contributed by atoms with E-state index in [4.69, 9.17) is 0 Å². The van der Waals surface area contributed by atoms with Crippen LogP contribution in [0.4, 0.5) is 0 Å². The molecule has 0 radical (unpaired) electrons. The smallest absolute Gasteiger partial charge is 0.0143 e. The van der Waals surface area contributed by atoms with Gasteiger partial charge < -0.3 is 0 Å². The van der Waals surface area contributed by atoms with Crippen molar-refractivity contribution in [1.82, 2.24) is 0 Å². The Morgan fingerprint density at radius 1 is 0.895 bits per heavy atom. The van der Waals surface area contributed by atoms with Gasteiger partial charge in [0.15, 0.2) is 0 Å². The first-order valence-corrected chi connectivity index (χ1v) is 8.22. The highest BCUT2D eigenvalue weighted by atomic mass is 32.2. The fourth-order valence-corrected chi connectivity index (χ4v) is 5.49. The number of hydrogen-bond acceptors (Lipinski definition) is 0. The minimum absolute atomic E-state index is 0.370. The van der Waals surface area contributed by atoms with E-state index in [2.05, 4.69) is 74.5 Å². The summed E-state index contributed by atoms with van der Waals surface area (Å²) in [6.07, 6.45) is 1.24. The summed E-state index contributed by atoms with van der Waals surface area (Å²) in [5.41, 5.74) is 2.91. The molecule has 1 aliphatic rings. The molecule has 1 heteroatoms. The first-order chi connectivity index (χ1) is 9.17. The van der Waals surface area contributed by atoms with Crippen molar-refractivity contribution >= 4 is 15.3 Å². The Balaban J connectivity index is 1.96. The van der Waals surface area contributed by atoms with Crippen LogP contribution in [0.3, 0.4) is 0 Å². The Bertz CT molecular complexity index is 594. The van der Waals surface area contributed by atoms with Crippen LogP contribution in [-0.4, -0.2) is 9.61 Å². The summed E-state index contributed by atoms with van der Waals surface area (Å²) >= 11 is 0. The van der Waals surface area contributed by atoms with Crippen molar-refractivity contribution in [3.63, 3.8) is 0 Å². The molecule has 0 N–H and O–H groups in total. The molecular weight excluding hydrogens is 248 g/mol. The van der Waals surface area contributed by atoms with Crippen LogP contribution in [0.5, 0.6) is 0 Å². The Morgan fingerprint density at radius 2 is 1.47 bits per heavy atom. The Hall–Kier alpha value is -1.34. The molecule has 0 nitrogen and oxygen atoms in total. The van der Waals surface area contributed by atoms with Crippen molar-refractivity contribution in [1.29, 1.82) is 0 Å². The van der Waals surface area contributed by atoms with Gasteiger partial charge in [0.25, 0.3) is 0 Å². The van der Waals surface area contributed by atoms with Gasteiger partial charge in [-0.3, -0.25) is 0 Å². The fourth-order valence-electron chi connectivity index (χ4n) is 2.71. The summed E-state index contributed by atoms with van der Waals surface area (Å²) in [4.78, 5) is 1.66. The van der Waals surface area contributed by atoms with Crippen LogP contribution >= 0.6 is 10.5 Å². The normalized spacial score (nSPS) is 20.9. The molecule has 0 spiro atoms. The standard InChI is InChI=1S/C18H20S/c1-18(2)13-17(16-11-7-4-8-12-16)19(18)14-15-9-5-3-6-10-15/h3-12H,13-14H2,1-2H3. The van der Waals surface area contributed by atoms with Crippen LogP contribution in [0.15, 0.2) is 60.7 Å². The summed E-state index contributed by atoms with van der Waals surface area (Å²) in [6, 6.07) is 21.8. The predicted molar refractivity (Wildman–Crippen MR) is 87.0 cm³/mol. The van der Waals surface area contributed by atoms with Gasteiger partial charge in [-0.05, 0) is 22.4 Å². The quantitative estimate of drug-likeness (QED) is 0.697. The molecule has 1 atom stereocenters. The SMILES string of the molecule is CC1(C)CC(c2ccccc2)=S1Cc1ccccc1. The lowest BCUT2D eigenvalue weighted by Crippen LogP contribution is -2.34. The largest absolute Gasteiger partial charge is 0.171 e. The summed E-state index contributed by atoms with van der Waals surface area (Å²) in [6.45, 7) is 4.82. The van der Waals surface area contributed by atoms with Gasteiger partial charge in [-0.25, -0.2) is 0 Å². The second-order valence-electron chi connectivity index (χ2n) is 5.75. The lowest BCUT2D eigenvalue weighted by atomic mass is 10.0. The van der Waals surface area contributed by atoms with Gasteiger partial charge in [-0.1, -0.05) is 74.5 Å². The van der Waals surface area contributed by atoms with Crippen LogP contribution in [0.25, 0.3) is 0 Å². The van der Waals surface area contributed by atoms with Gasteiger partial charge in [0.2, 0.25) is 0 Å². The van der Waals surface area contributed by atoms with Crippen LogP contribution in [0.1, 0.15) is 31.4 Å². The maximum absolute atomic E-state index is 2.41. The van der Waals surface area contributed by atoms with Crippen molar-refractivity contribution in [3.05, 3.63) is 71.8 Å². The van der Waals surface area contributed by atoms with Crippen LogP contribution in [0.2, 0.25) is 0 Å². The van der Waals surface area contributed by atoms with Crippen molar-refractivity contribution in [2.75, 3.05) is 0 Å². The number of hydrogen-bond donors (Lipinski definition) is 0. The van der Waals surface area contributed by atoms with Crippen molar-refractivity contribution in [2.24, 2.45) is 0 Å².